The molecule has 2 aromatic rings. The molecular formula is C17H22ClN3O2S. The van der Waals surface area contributed by atoms with E-state index in [0.717, 1.165) is 23.3 Å². The van der Waals surface area contributed by atoms with Crippen LogP contribution < -0.4 is 4.80 Å². The molecule has 0 bridgehead atoms. The van der Waals surface area contributed by atoms with Crippen molar-refractivity contribution in [2.24, 2.45) is 10.1 Å². The number of benzene rings is 1. The summed E-state index contributed by atoms with van der Waals surface area (Å²) in [5.74, 6) is -0.302. The van der Waals surface area contributed by atoms with Gasteiger partial charge in [-0.05, 0) is 31.9 Å². The predicted molar refractivity (Wildman–Crippen MR) is 99.5 cm³/mol. The molecule has 130 valence electrons. The van der Waals surface area contributed by atoms with Crippen molar-refractivity contribution in [1.82, 2.24) is 4.68 Å². The number of aromatic nitrogens is 1. The van der Waals surface area contributed by atoms with Crippen molar-refractivity contribution in [3.05, 3.63) is 39.6 Å². The Kier molecular flexibility index (Phi) is 6.45. The molecule has 1 fully saturated rings. The molecule has 0 aliphatic heterocycles. The van der Waals surface area contributed by atoms with E-state index in [1.165, 1.54) is 25.3 Å². The molecule has 0 radical (unpaired) electrons. The fraction of sp³-hybridized carbons (Fsp3) is 0.412. The van der Waals surface area contributed by atoms with E-state index in [1.54, 1.807) is 34.4 Å². The van der Waals surface area contributed by atoms with Crippen molar-refractivity contribution in [3.8, 4) is 11.5 Å². The summed E-state index contributed by atoms with van der Waals surface area (Å²) in [5, 5.41) is 25.9. The molecule has 0 atom stereocenters. The summed E-state index contributed by atoms with van der Waals surface area (Å²) in [7, 11) is 0. The third-order valence-corrected chi connectivity index (χ3v) is 5.02. The molecule has 0 unspecified atom stereocenters. The second-order valence-electron chi connectivity index (χ2n) is 5.85. The summed E-state index contributed by atoms with van der Waals surface area (Å²) in [4.78, 5) is 5.73. The maximum atomic E-state index is 9.85. The third kappa shape index (κ3) is 4.19. The first-order valence-electron chi connectivity index (χ1n) is 7.91. The van der Waals surface area contributed by atoms with Crippen molar-refractivity contribution < 1.29 is 10.2 Å². The minimum atomic E-state index is -0.157. The predicted octanol–water partition coefficient (Wildman–Crippen LogP) is 3.81. The highest BCUT2D eigenvalue weighted by molar-refractivity contribution is 7.07. The van der Waals surface area contributed by atoms with E-state index in [4.69, 9.17) is 4.99 Å². The summed E-state index contributed by atoms with van der Waals surface area (Å²) in [6.45, 7) is 1.98. The van der Waals surface area contributed by atoms with Gasteiger partial charge in [-0.3, -0.25) is 4.99 Å². The Morgan fingerprint density at radius 3 is 2.71 bits per heavy atom. The first-order chi connectivity index (χ1) is 11.1. The van der Waals surface area contributed by atoms with E-state index < -0.39 is 0 Å². The first kappa shape index (κ1) is 18.5. The monoisotopic (exact) mass is 367 g/mol. The number of aryl methyl sites for hydroxylation is 1. The molecule has 0 spiro atoms. The highest BCUT2D eigenvalue weighted by atomic mass is 35.5. The van der Waals surface area contributed by atoms with Gasteiger partial charge in [0.25, 0.3) is 0 Å². The number of aromatic hydroxyl groups is 2. The van der Waals surface area contributed by atoms with Gasteiger partial charge in [-0.15, -0.1) is 23.7 Å². The van der Waals surface area contributed by atoms with Gasteiger partial charge in [0.1, 0.15) is 0 Å². The van der Waals surface area contributed by atoms with E-state index in [2.05, 4.69) is 5.10 Å². The zero-order valence-electron chi connectivity index (χ0n) is 13.6. The largest absolute Gasteiger partial charge is 0.504 e. The highest BCUT2D eigenvalue weighted by Gasteiger charge is 2.12. The van der Waals surface area contributed by atoms with Crippen LogP contribution in [0.4, 0.5) is 0 Å². The number of hydrogen-bond donors (Lipinski definition) is 2. The molecule has 1 heterocycles. The van der Waals surface area contributed by atoms with Crippen LogP contribution in [-0.2, 0) is 0 Å². The number of thiazole rings is 1. The number of para-hydroxylation sites is 1. The number of phenolic OH excluding ortho intramolecular Hbond substituents is 2. The van der Waals surface area contributed by atoms with Crippen LogP contribution in [0.3, 0.4) is 0 Å². The summed E-state index contributed by atoms with van der Waals surface area (Å²) in [6.07, 6.45) is 7.65. The van der Waals surface area contributed by atoms with E-state index in [9.17, 15) is 10.2 Å². The summed E-state index contributed by atoms with van der Waals surface area (Å²) in [5.41, 5.74) is 1.48. The Morgan fingerprint density at radius 1 is 1.21 bits per heavy atom. The lowest BCUT2D eigenvalue weighted by molar-refractivity contribution is 0.403. The maximum absolute atomic E-state index is 9.85. The molecule has 0 amide bonds. The van der Waals surface area contributed by atoms with Gasteiger partial charge in [-0.2, -0.15) is 5.10 Å². The molecule has 2 N–H and O–H groups in total. The molecular weight excluding hydrogens is 346 g/mol. The first-order valence-corrected chi connectivity index (χ1v) is 8.79. The normalized spacial score (nSPS) is 16.5. The summed E-state index contributed by atoms with van der Waals surface area (Å²) in [6, 6.07) is 5.21. The van der Waals surface area contributed by atoms with Crippen molar-refractivity contribution in [3.63, 3.8) is 0 Å². The third-order valence-electron chi connectivity index (χ3n) is 4.08. The lowest BCUT2D eigenvalue weighted by Gasteiger charge is -2.16. The Hall–Kier alpha value is -1.79. The van der Waals surface area contributed by atoms with Gasteiger partial charge >= 0.3 is 0 Å². The molecule has 3 rings (SSSR count). The van der Waals surface area contributed by atoms with Gasteiger partial charge in [0.05, 0.1) is 18.0 Å². The second-order valence-corrected chi connectivity index (χ2v) is 6.69. The molecule has 1 saturated carbocycles. The number of rotatable bonds is 3. The van der Waals surface area contributed by atoms with Crippen LogP contribution in [0.5, 0.6) is 11.5 Å². The molecule has 1 aliphatic rings. The van der Waals surface area contributed by atoms with Gasteiger partial charge in [-0.1, -0.05) is 25.3 Å². The Balaban J connectivity index is 0.00000208. The molecule has 1 aromatic carbocycles. The fourth-order valence-electron chi connectivity index (χ4n) is 2.75. The van der Waals surface area contributed by atoms with Gasteiger partial charge in [0.15, 0.2) is 11.5 Å². The van der Waals surface area contributed by atoms with Gasteiger partial charge < -0.3 is 10.2 Å². The Bertz CT molecular complexity index is 776. The fourth-order valence-corrected chi connectivity index (χ4v) is 3.63. The molecule has 1 aliphatic carbocycles. The van der Waals surface area contributed by atoms with Gasteiger partial charge in [0.2, 0.25) is 4.80 Å². The second kappa shape index (κ2) is 8.35. The van der Waals surface area contributed by atoms with E-state index in [0.29, 0.717) is 11.6 Å². The number of nitrogens with zero attached hydrogens (tertiary/aromatic N) is 3. The lowest BCUT2D eigenvalue weighted by atomic mass is 9.96. The smallest absolute Gasteiger partial charge is 0.206 e. The van der Waals surface area contributed by atoms with Crippen molar-refractivity contribution in [1.29, 1.82) is 0 Å². The van der Waals surface area contributed by atoms with Gasteiger partial charge in [0, 0.05) is 10.9 Å². The minimum Gasteiger partial charge on any atom is -0.504 e. The quantitative estimate of drug-likeness (QED) is 0.639. The van der Waals surface area contributed by atoms with E-state index >= 15 is 0 Å². The van der Waals surface area contributed by atoms with E-state index in [1.807, 2.05) is 12.3 Å². The lowest BCUT2D eigenvalue weighted by Crippen LogP contribution is -2.19. The van der Waals surface area contributed by atoms with Gasteiger partial charge in [-0.25, -0.2) is 4.68 Å². The zero-order valence-corrected chi connectivity index (χ0v) is 15.2. The Morgan fingerprint density at radius 2 is 1.96 bits per heavy atom. The molecule has 24 heavy (non-hydrogen) atoms. The van der Waals surface area contributed by atoms with Crippen LogP contribution >= 0.6 is 23.7 Å². The topological polar surface area (TPSA) is 70.1 Å². The Labute approximate surface area is 151 Å². The van der Waals surface area contributed by atoms with Crippen LogP contribution in [0, 0.1) is 6.92 Å². The van der Waals surface area contributed by atoms with Crippen LogP contribution in [-0.4, -0.2) is 27.1 Å². The number of halogens is 1. The summed E-state index contributed by atoms with van der Waals surface area (Å²) < 4.78 is 1.79. The van der Waals surface area contributed by atoms with E-state index in [-0.39, 0.29) is 23.9 Å². The number of hydrogen-bond acceptors (Lipinski definition) is 5. The zero-order chi connectivity index (χ0) is 16.2. The average molecular weight is 368 g/mol. The molecule has 5 nitrogen and oxygen atoms in total. The minimum absolute atomic E-state index is 0. The standard InChI is InChI=1S/C17H21N3O2S.ClH/c1-12-11-23-17(19-14-7-3-2-4-8-14)20(12)18-10-13-6-5-9-15(21)16(13)22;/h5-6,9-11,14,21-22H,2-4,7-8H2,1H3;1H/b18-10+,19-17?;. The van der Waals surface area contributed by atoms with Crippen LogP contribution in [0.1, 0.15) is 43.4 Å². The average Bonchev–Trinajstić information content (AvgIpc) is 2.90. The molecule has 1 aromatic heterocycles. The summed E-state index contributed by atoms with van der Waals surface area (Å²) >= 11 is 1.58. The number of phenols is 2. The molecule has 0 saturated heterocycles. The molecule has 7 heteroatoms. The van der Waals surface area contributed by atoms with Crippen LogP contribution in [0.25, 0.3) is 0 Å². The SMILES string of the molecule is Cc1csc(=NC2CCCCC2)n1/N=C/c1cccc(O)c1O.Cl. The maximum Gasteiger partial charge on any atom is 0.206 e. The van der Waals surface area contributed by atoms with Crippen LogP contribution in [0.15, 0.2) is 33.7 Å². The van der Waals surface area contributed by atoms with Crippen molar-refractivity contribution >= 4 is 30.0 Å². The van der Waals surface area contributed by atoms with Crippen molar-refractivity contribution in [2.45, 2.75) is 45.1 Å². The van der Waals surface area contributed by atoms with Crippen molar-refractivity contribution in [2.75, 3.05) is 0 Å². The highest BCUT2D eigenvalue weighted by Crippen LogP contribution is 2.26. The van der Waals surface area contributed by atoms with Crippen LogP contribution in [0.2, 0.25) is 0 Å².